The van der Waals surface area contributed by atoms with Gasteiger partial charge in [-0.2, -0.15) is 0 Å². The molecule has 0 fully saturated rings. The Morgan fingerprint density at radius 1 is 1.27 bits per heavy atom. The van der Waals surface area contributed by atoms with Crippen molar-refractivity contribution in [1.29, 1.82) is 0 Å². The highest BCUT2D eigenvalue weighted by atomic mass is 16.6. The zero-order valence-electron chi connectivity index (χ0n) is 24.7. The molecule has 0 saturated heterocycles. The second-order valence-corrected chi connectivity index (χ2v) is 11.2. The lowest BCUT2D eigenvalue weighted by atomic mass is 9.75. The Hall–Kier alpha value is -4.58. The van der Waals surface area contributed by atoms with Crippen molar-refractivity contribution in [2.75, 3.05) is 6.61 Å². The average Bonchev–Trinajstić information content (AvgIpc) is 3.00. The van der Waals surface area contributed by atoms with Crippen LogP contribution in [0.15, 0.2) is 75.1 Å². The smallest absolute Gasteiger partial charge is 0.333 e. The average molecular weight is 605 g/mol. The number of allylic oxidation sites excluding steroid dienone is 3. The normalized spacial score (nSPS) is 22.0. The Morgan fingerprint density at radius 3 is 2.68 bits per heavy atom. The first-order valence-corrected chi connectivity index (χ1v) is 14.3. The van der Waals surface area contributed by atoms with Gasteiger partial charge >= 0.3 is 5.97 Å². The Morgan fingerprint density at radius 2 is 2.05 bits per heavy atom. The summed E-state index contributed by atoms with van der Waals surface area (Å²) in [5.74, 6) is -1.64. The number of dihydropyridines is 1. The number of nitrogens with two attached hydrogens (primary N) is 1. The zero-order chi connectivity index (χ0) is 31.8. The summed E-state index contributed by atoms with van der Waals surface area (Å²) in [6.07, 6.45) is 5.86. The SMILES string of the molecule is C/C=C(/C)C(=O)O[C@@H]1Cc2c(c(-c3cccc(O)c3)c3oc(CO)cc(=O)c3c2O)O[C@@]1(C)[C@H](CO)CC1=CNC(N)C=C1. The van der Waals surface area contributed by atoms with Gasteiger partial charge in [-0.3, -0.25) is 4.79 Å². The predicted octanol–water partition coefficient (Wildman–Crippen LogP) is 3.26. The van der Waals surface area contributed by atoms with Gasteiger partial charge in [0.05, 0.1) is 18.3 Å². The van der Waals surface area contributed by atoms with E-state index in [1.807, 2.05) is 6.08 Å². The molecule has 11 heteroatoms. The van der Waals surface area contributed by atoms with E-state index >= 15 is 0 Å². The Labute approximate surface area is 253 Å². The number of phenolic OH excluding ortho intramolecular Hbond substituents is 2. The highest BCUT2D eigenvalue weighted by molar-refractivity contribution is 6.01. The number of phenols is 2. The molecule has 2 aliphatic heterocycles. The molecule has 0 radical (unpaired) electrons. The van der Waals surface area contributed by atoms with E-state index in [4.69, 9.17) is 19.6 Å². The van der Waals surface area contributed by atoms with Gasteiger partial charge in [0, 0.05) is 35.7 Å². The number of benzene rings is 2. The first-order valence-electron chi connectivity index (χ1n) is 14.3. The number of carbonyl (C=O) groups excluding carboxylic acids is 1. The summed E-state index contributed by atoms with van der Waals surface area (Å²) in [7, 11) is 0. The summed E-state index contributed by atoms with van der Waals surface area (Å²) < 4.78 is 18.7. The van der Waals surface area contributed by atoms with Crippen LogP contribution in [0.2, 0.25) is 0 Å². The van der Waals surface area contributed by atoms with Gasteiger partial charge in [-0.1, -0.05) is 24.3 Å². The van der Waals surface area contributed by atoms with Gasteiger partial charge in [0.1, 0.15) is 46.7 Å². The van der Waals surface area contributed by atoms with E-state index in [2.05, 4.69) is 5.32 Å². The maximum atomic E-state index is 13.3. The first kappa shape index (κ1) is 30.9. The highest BCUT2D eigenvalue weighted by Crippen LogP contribution is 2.52. The zero-order valence-corrected chi connectivity index (χ0v) is 24.7. The fraction of sp³-hybridized carbons (Fsp3) is 0.333. The van der Waals surface area contributed by atoms with E-state index < -0.39 is 41.4 Å². The van der Waals surface area contributed by atoms with Crippen LogP contribution in [0, 0.1) is 5.92 Å². The van der Waals surface area contributed by atoms with E-state index in [1.165, 1.54) is 12.1 Å². The molecule has 2 aliphatic rings. The van der Waals surface area contributed by atoms with Gasteiger partial charge in [-0.25, -0.2) is 4.79 Å². The van der Waals surface area contributed by atoms with Crippen molar-refractivity contribution in [2.45, 2.75) is 58.1 Å². The quantitative estimate of drug-likeness (QED) is 0.164. The second-order valence-electron chi connectivity index (χ2n) is 11.2. The molecule has 1 aromatic heterocycles. The number of ether oxygens (including phenoxy) is 2. The molecular weight excluding hydrogens is 568 g/mol. The molecule has 1 unspecified atom stereocenters. The van der Waals surface area contributed by atoms with Crippen molar-refractivity contribution < 1.29 is 39.1 Å². The molecule has 3 heterocycles. The summed E-state index contributed by atoms with van der Waals surface area (Å²) >= 11 is 0. The molecule has 0 amide bonds. The number of aliphatic hydroxyl groups is 2. The lowest BCUT2D eigenvalue weighted by Gasteiger charge is -2.46. The number of hydrogen-bond donors (Lipinski definition) is 6. The van der Waals surface area contributed by atoms with Crippen LogP contribution >= 0.6 is 0 Å². The van der Waals surface area contributed by atoms with E-state index in [0.717, 1.165) is 11.6 Å². The number of hydrogen-bond acceptors (Lipinski definition) is 11. The third-order valence-electron chi connectivity index (χ3n) is 8.39. The van der Waals surface area contributed by atoms with Crippen molar-refractivity contribution in [3.63, 3.8) is 0 Å². The van der Waals surface area contributed by atoms with Crippen LogP contribution in [0.4, 0.5) is 0 Å². The minimum atomic E-state index is -1.37. The summed E-state index contributed by atoms with van der Waals surface area (Å²) in [5, 5.41) is 45.3. The first-order chi connectivity index (χ1) is 21.0. The van der Waals surface area contributed by atoms with Crippen LogP contribution in [-0.2, 0) is 22.6 Å². The van der Waals surface area contributed by atoms with Crippen LogP contribution in [0.3, 0.4) is 0 Å². The minimum absolute atomic E-state index is 0.0366. The van der Waals surface area contributed by atoms with Gasteiger partial charge in [0.15, 0.2) is 11.0 Å². The van der Waals surface area contributed by atoms with Crippen molar-refractivity contribution in [1.82, 2.24) is 5.32 Å². The van der Waals surface area contributed by atoms with Gasteiger partial charge in [0.25, 0.3) is 0 Å². The molecule has 4 atom stereocenters. The van der Waals surface area contributed by atoms with Crippen molar-refractivity contribution in [2.24, 2.45) is 11.7 Å². The van der Waals surface area contributed by atoms with Gasteiger partial charge in [-0.05, 0) is 56.5 Å². The fourth-order valence-corrected chi connectivity index (χ4v) is 5.67. The number of esters is 1. The van der Waals surface area contributed by atoms with Crippen LogP contribution in [0.25, 0.3) is 22.1 Å². The molecule has 0 saturated carbocycles. The van der Waals surface area contributed by atoms with E-state index in [9.17, 15) is 30.0 Å². The molecule has 0 bridgehead atoms. The van der Waals surface area contributed by atoms with Crippen molar-refractivity contribution >= 4 is 16.9 Å². The number of aromatic hydroxyl groups is 2. The molecule has 2 aromatic carbocycles. The number of nitrogens with one attached hydrogen (secondary N) is 1. The summed E-state index contributed by atoms with van der Waals surface area (Å²) in [6, 6.07) is 7.30. The summed E-state index contributed by atoms with van der Waals surface area (Å²) in [5.41, 5.74) is 5.90. The third kappa shape index (κ3) is 5.57. The fourth-order valence-electron chi connectivity index (χ4n) is 5.67. The molecule has 3 aromatic rings. The monoisotopic (exact) mass is 604 g/mol. The largest absolute Gasteiger partial charge is 0.508 e. The van der Waals surface area contributed by atoms with Gasteiger partial charge < -0.3 is 45.4 Å². The Kier molecular flexibility index (Phi) is 8.55. The molecule has 5 rings (SSSR count). The van der Waals surface area contributed by atoms with E-state index in [1.54, 1.807) is 51.3 Å². The maximum Gasteiger partial charge on any atom is 0.333 e. The molecule has 11 nitrogen and oxygen atoms in total. The predicted molar refractivity (Wildman–Crippen MR) is 163 cm³/mol. The topological polar surface area (TPSA) is 185 Å². The second kappa shape index (κ2) is 12.2. The summed E-state index contributed by atoms with van der Waals surface area (Å²) in [6.45, 7) is 4.11. The van der Waals surface area contributed by atoms with E-state index in [0.29, 0.717) is 17.6 Å². The van der Waals surface area contributed by atoms with Crippen LogP contribution in [0.5, 0.6) is 17.2 Å². The Bertz CT molecular complexity index is 1760. The number of rotatable bonds is 8. The van der Waals surface area contributed by atoms with Gasteiger partial charge in [0.2, 0.25) is 0 Å². The van der Waals surface area contributed by atoms with Crippen molar-refractivity contribution in [3.05, 3.63) is 87.5 Å². The molecule has 0 spiro atoms. The third-order valence-corrected chi connectivity index (χ3v) is 8.39. The summed E-state index contributed by atoms with van der Waals surface area (Å²) in [4.78, 5) is 26.3. The lowest BCUT2D eigenvalue weighted by Crippen LogP contribution is -2.57. The molecule has 7 N–H and O–H groups in total. The molecule has 0 aliphatic carbocycles. The molecule has 232 valence electrons. The van der Waals surface area contributed by atoms with Crippen LogP contribution in [-0.4, -0.2) is 50.9 Å². The Balaban J connectivity index is 1.77. The van der Waals surface area contributed by atoms with E-state index in [-0.39, 0.29) is 58.5 Å². The van der Waals surface area contributed by atoms with Crippen molar-refractivity contribution in [3.8, 4) is 28.4 Å². The molecule has 44 heavy (non-hydrogen) atoms. The highest BCUT2D eigenvalue weighted by Gasteiger charge is 2.51. The standard InChI is InChI=1S/C33H36N2O9/c1-4-17(2)32(41)43-25-13-23-29(40)28-24(39)12-22(16-37)42-31(28)27(19-6-5-7-21(38)11-19)30(23)44-33(25,3)20(15-36)10-18-8-9-26(34)35-14-18/h4-9,11-12,14,20,25-26,35-38,40H,10,13,15-16,34H2,1-3H3/b17-4-/t20-,25+,26?,33-/m0/s1. The maximum absolute atomic E-state index is 13.3. The van der Waals surface area contributed by atoms with Crippen LogP contribution < -0.4 is 21.2 Å². The van der Waals surface area contributed by atoms with Crippen LogP contribution in [0.1, 0.15) is 38.5 Å². The number of carbonyl (C=O) groups is 1. The lowest BCUT2D eigenvalue weighted by molar-refractivity contribution is -0.166. The number of fused-ring (bicyclic) bond motifs is 2. The molecular formula is C33H36N2O9. The number of aliphatic hydroxyl groups excluding tert-OH is 2. The van der Waals surface area contributed by atoms with Gasteiger partial charge in [-0.15, -0.1) is 0 Å². The minimum Gasteiger partial charge on any atom is -0.508 e.